The molecule has 3 N–H and O–H groups in total. The Morgan fingerprint density at radius 2 is 1.76 bits per heavy atom. The predicted molar refractivity (Wildman–Crippen MR) is 87.7 cm³/mol. The molecule has 4 heteroatoms. The molecule has 21 heavy (non-hydrogen) atoms. The van der Waals surface area contributed by atoms with Crippen LogP contribution in [0.2, 0.25) is 5.02 Å². The van der Waals surface area contributed by atoms with Crippen LogP contribution in [0, 0.1) is 20.8 Å². The molecule has 0 spiro atoms. The van der Waals surface area contributed by atoms with Crippen molar-refractivity contribution < 1.29 is 4.79 Å². The SMILES string of the molecule is Cc1cc(C)c(C(Nc2cccc(Cl)c2)C(N)=O)c(C)c1. The van der Waals surface area contributed by atoms with Gasteiger partial charge in [-0.3, -0.25) is 4.79 Å². The second kappa shape index (κ2) is 6.19. The molecule has 0 aliphatic carbocycles. The first-order valence-electron chi connectivity index (χ1n) is 6.77. The lowest BCUT2D eigenvalue weighted by Crippen LogP contribution is -2.29. The van der Waals surface area contributed by atoms with Gasteiger partial charge in [0.25, 0.3) is 0 Å². The molecule has 0 bridgehead atoms. The van der Waals surface area contributed by atoms with Crippen molar-refractivity contribution in [2.24, 2.45) is 5.73 Å². The van der Waals surface area contributed by atoms with Crippen molar-refractivity contribution >= 4 is 23.2 Å². The average Bonchev–Trinajstić information content (AvgIpc) is 2.36. The number of amides is 1. The molecule has 0 aromatic heterocycles. The fourth-order valence-corrected chi connectivity index (χ4v) is 2.87. The lowest BCUT2D eigenvalue weighted by atomic mass is 9.93. The van der Waals surface area contributed by atoms with Gasteiger partial charge in [0.15, 0.2) is 0 Å². The summed E-state index contributed by atoms with van der Waals surface area (Å²) in [5, 5.41) is 3.79. The van der Waals surface area contributed by atoms with Crippen molar-refractivity contribution in [3.8, 4) is 0 Å². The fourth-order valence-electron chi connectivity index (χ4n) is 2.68. The lowest BCUT2D eigenvalue weighted by Gasteiger charge is -2.22. The number of benzene rings is 2. The molecule has 0 aliphatic rings. The zero-order chi connectivity index (χ0) is 15.6. The minimum Gasteiger partial charge on any atom is -0.370 e. The summed E-state index contributed by atoms with van der Waals surface area (Å²) in [6.07, 6.45) is 0. The summed E-state index contributed by atoms with van der Waals surface area (Å²) in [6, 6.07) is 10.8. The number of halogens is 1. The summed E-state index contributed by atoms with van der Waals surface area (Å²) in [7, 11) is 0. The van der Waals surface area contributed by atoms with E-state index in [1.54, 1.807) is 12.1 Å². The molecule has 0 saturated heterocycles. The van der Waals surface area contributed by atoms with Crippen molar-refractivity contribution in [3.05, 3.63) is 63.7 Å². The average molecular weight is 303 g/mol. The van der Waals surface area contributed by atoms with Gasteiger partial charge in [-0.1, -0.05) is 35.4 Å². The maximum Gasteiger partial charge on any atom is 0.244 e. The first-order chi connectivity index (χ1) is 9.88. The van der Waals surface area contributed by atoms with Crippen molar-refractivity contribution in [3.63, 3.8) is 0 Å². The number of nitrogens with one attached hydrogen (secondary N) is 1. The zero-order valence-electron chi connectivity index (χ0n) is 12.4. The van der Waals surface area contributed by atoms with Crippen LogP contribution in [0.5, 0.6) is 0 Å². The Labute approximate surface area is 130 Å². The summed E-state index contributed by atoms with van der Waals surface area (Å²) >= 11 is 5.98. The second-order valence-corrected chi connectivity index (χ2v) is 5.74. The third-order valence-corrected chi connectivity index (χ3v) is 3.68. The Hall–Kier alpha value is -2.00. The van der Waals surface area contributed by atoms with Gasteiger partial charge in [-0.15, -0.1) is 0 Å². The standard InChI is InChI=1S/C17H19ClN2O/c1-10-7-11(2)15(12(3)8-10)16(17(19)21)20-14-6-4-5-13(18)9-14/h4-9,16,20H,1-3H3,(H2,19,21). The maximum atomic E-state index is 11.9. The number of hydrogen-bond donors (Lipinski definition) is 2. The van der Waals surface area contributed by atoms with Crippen LogP contribution in [0.15, 0.2) is 36.4 Å². The molecule has 0 heterocycles. The zero-order valence-corrected chi connectivity index (χ0v) is 13.2. The number of hydrogen-bond acceptors (Lipinski definition) is 2. The molecule has 2 aromatic rings. The van der Waals surface area contributed by atoms with Crippen LogP contribution in [0.3, 0.4) is 0 Å². The van der Waals surface area contributed by atoms with Gasteiger partial charge in [-0.05, 0) is 55.7 Å². The highest BCUT2D eigenvalue weighted by Crippen LogP contribution is 2.27. The molecule has 1 atom stereocenters. The monoisotopic (exact) mass is 302 g/mol. The molecule has 2 rings (SSSR count). The van der Waals surface area contributed by atoms with Crippen molar-refractivity contribution in [1.29, 1.82) is 0 Å². The quantitative estimate of drug-likeness (QED) is 0.900. The number of carbonyl (C=O) groups is 1. The van der Waals surface area contributed by atoms with E-state index in [1.807, 2.05) is 32.9 Å². The van der Waals surface area contributed by atoms with Gasteiger partial charge in [0.1, 0.15) is 6.04 Å². The summed E-state index contributed by atoms with van der Waals surface area (Å²) in [5.41, 5.74) is 10.5. The van der Waals surface area contributed by atoms with E-state index in [0.29, 0.717) is 5.02 Å². The van der Waals surface area contributed by atoms with E-state index < -0.39 is 11.9 Å². The molecule has 0 fully saturated rings. The highest BCUT2D eigenvalue weighted by Gasteiger charge is 2.21. The van der Waals surface area contributed by atoms with Crippen LogP contribution in [-0.2, 0) is 4.79 Å². The third kappa shape index (κ3) is 3.56. The number of rotatable bonds is 4. The summed E-state index contributed by atoms with van der Waals surface area (Å²) in [6.45, 7) is 6.02. The van der Waals surface area contributed by atoms with E-state index in [9.17, 15) is 4.79 Å². The van der Waals surface area contributed by atoms with Gasteiger partial charge >= 0.3 is 0 Å². The van der Waals surface area contributed by atoms with Gasteiger partial charge in [0, 0.05) is 10.7 Å². The second-order valence-electron chi connectivity index (χ2n) is 5.30. The molecule has 0 aliphatic heterocycles. The van der Waals surface area contributed by atoms with Crippen LogP contribution >= 0.6 is 11.6 Å². The molecule has 1 unspecified atom stereocenters. The van der Waals surface area contributed by atoms with Crippen LogP contribution in [0.4, 0.5) is 5.69 Å². The van der Waals surface area contributed by atoms with Crippen LogP contribution in [0.25, 0.3) is 0 Å². The molecular formula is C17H19ClN2O. The van der Waals surface area contributed by atoms with Crippen LogP contribution in [-0.4, -0.2) is 5.91 Å². The number of nitrogens with two attached hydrogens (primary N) is 1. The maximum absolute atomic E-state index is 11.9. The Morgan fingerprint density at radius 3 is 2.29 bits per heavy atom. The summed E-state index contributed by atoms with van der Waals surface area (Å²) in [4.78, 5) is 11.9. The predicted octanol–water partition coefficient (Wildman–Crippen LogP) is 3.90. The van der Waals surface area contributed by atoms with Crippen molar-refractivity contribution in [2.45, 2.75) is 26.8 Å². The smallest absolute Gasteiger partial charge is 0.244 e. The number of carbonyl (C=O) groups excluding carboxylic acids is 1. The van der Waals surface area contributed by atoms with Gasteiger partial charge in [0.2, 0.25) is 5.91 Å². The van der Waals surface area contributed by atoms with Gasteiger partial charge < -0.3 is 11.1 Å². The molecule has 0 radical (unpaired) electrons. The molecule has 0 saturated carbocycles. The normalized spacial score (nSPS) is 12.0. The van der Waals surface area contributed by atoms with E-state index in [1.165, 1.54) is 5.56 Å². The molecule has 1 amide bonds. The van der Waals surface area contributed by atoms with Crippen molar-refractivity contribution in [2.75, 3.05) is 5.32 Å². The Kier molecular flexibility index (Phi) is 4.53. The molecule has 110 valence electrons. The first-order valence-corrected chi connectivity index (χ1v) is 7.15. The van der Waals surface area contributed by atoms with E-state index in [-0.39, 0.29) is 0 Å². The minimum absolute atomic E-state index is 0.412. The van der Waals surface area contributed by atoms with Crippen molar-refractivity contribution in [1.82, 2.24) is 0 Å². The number of aryl methyl sites for hydroxylation is 3. The van der Waals surface area contributed by atoms with Crippen LogP contribution in [0.1, 0.15) is 28.3 Å². The minimum atomic E-state index is -0.580. The van der Waals surface area contributed by atoms with E-state index in [0.717, 1.165) is 22.4 Å². The van der Waals surface area contributed by atoms with E-state index in [2.05, 4.69) is 17.4 Å². The van der Waals surface area contributed by atoms with Gasteiger partial charge in [-0.2, -0.15) is 0 Å². The highest BCUT2D eigenvalue weighted by atomic mass is 35.5. The van der Waals surface area contributed by atoms with Gasteiger partial charge in [0.05, 0.1) is 0 Å². The third-order valence-electron chi connectivity index (χ3n) is 3.45. The van der Waals surface area contributed by atoms with E-state index in [4.69, 9.17) is 17.3 Å². The highest BCUT2D eigenvalue weighted by molar-refractivity contribution is 6.30. The molecular weight excluding hydrogens is 284 g/mol. The lowest BCUT2D eigenvalue weighted by molar-refractivity contribution is -0.118. The Morgan fingerprint density at radius 1 is 1.14 bits per heavy atom. The first kappa shape index (κ1) is 15.4. The Bertz CT molecular complexity index is 659. The largest absolute Gasteiger partial charge is 0.370 e. The number of anilines is 1. The Balaban J connectivity index is 2.43. The topological polar surface area (TPSA) is 55.1 Å². The summed E-state index contributed by atoms with van der Waals surface area (Å²) < 4.78 is 0. The van der Waals surface area contributed by atoms with Crippen LogP contribution < -0.4 is 11.1 Å². The molecule has 3 nitrogen and oxygen atoms in total. The summed E-state index contributed by atoms with van der Waals surface area (Å²) in [5.74, 6) is -0.412. The fraction of sp³-hybridized carbons (Fsp3) is 0.235. The number of primary amides is 1. The van der Waals surface area contributed by atoms with E-state index >= 15 is 0 Å². The molecule has 2 aromatic carbocycles. The van der Waals surface area contributed by atoms with Gasteiger partial charge in [-0.25, -0.2) is 0 Å².